The molecule has 0 aliphatic heterocycles. The average molecular weight is 193 g/mol. The van der Waals surface area contributed by atoms with Crippen LogP contribution in [0.2, 0.25) is 0 Å². The van der Waals surface area contributed by atoms with Crippen LogP contribution in [-0.2, 0) is 13.6 Å². The van der Waals surface area contributed by atoms with Crippen molar-refractivity contribution in [1.29, 1.82) is 5.26 Å². The summed E-state index contributed by atoms with van der Waals surface area (Å²) in [5, 5.41) is 19.6. The normalized spacial score (nSPS) is 12.4. The van der Waals surface area contributed by atoms with E-state index in [9.17, 15) is 0 Å². The number of nitrogens with zero attached hydrogens (tertiary/aromatic N) is 4. The predicted molar refractivity (Wildman–Crippen MR) is 52.2 cm³/mol. The fourth-order valence-electron chi connectivity index (χ4n) is 1.17. The topological polar surface area (TPSA) is 66.5 Å². The number of aromatic nitrogens is 3. The Kier molecular flexibility index (Phi) is 4.08. The van der Waals surface area contributed by atoms with Gasteiger partial charge in [-0.25, -0.2) is 0 Å². The van der Waals surface area contributed by atoms with Gasteiger partial charge in [0.05, 0.1) is 19.0 Å². The van der Waals surface area contributed by atoms with Gasteiger partial charge >= 0.3 is 0 Å². The number of rotatable bonds is 5. The highest BCUT2D eigenvalue weighted by Crippen LogP contribution is 1.98. The van der Waals surface area contributed by atoms with Crippen LogP contribution in [0, 0.1) is 11.3 Å². The maximum absolute atomic E-state index is 8.56. The summed E-state index contributed by atoms with van der Waals surface area (Å²) >= 11 is 0. The van der Waals surface area contributed by atoms with Gasteiger partial charge in [-0.05, 0) is 6.42 Å². The molecule has 5 heteroatoms. The van der Waals surface area contributed by atoms with E-state index in [1.807, 2.05) is 11.6 Å². The van der Waals surface area contributed by atoms with Gasteiger partial charge in [0.1, 0.15) is 12.2 Å². The minimum atomic E-state index is 0.247. The van der Waals surface area contributed by atoms with Crippen molar-refractivity contribution in [1.82, 2.24) is 20.1 Å². The summed E-state index contributed by atoms with van der Waals surface area (Å²) in [5.74, 6) is 0.890. The minimum Gasteiger partial charge on any atom is -0.320 e. The van der Waals surface area contributed by atoms with Crippen molar-refractivity contribution in [2.24, 2.45) is 7.05 Å². The maximum Gasteiger partial charge on any atom is 0.146 e. The first-order chi connectivity index (χ1) is 6.77. The molecule has 0 radical (unpaired) electrons. The molecule has 5 nitrogen and oxygen atoms in total. The zero-order chi connectivity index (χ0) is 10.4. The fraction of sp³-hybridized carbons (Fsp3) is 0.667. The third-order valence-electron chi connectivity index (χ3n) is 2.18. The van der Waals surface area contributed by atoms with Crippen molar-refractivity contribution < 1.29 is 0 Å². The summed E-state index contributed by atoms with van der Waals surface area (Å²) in [7, 11) is 1.91. The van der Waals surface area contributed by atoms with Crippen molar-refractivity contribution >= 4 is 0 Å². The molecule has 0 spiro atoms. The molecule has 1 heterocycles. The standard InChI is InChI=1S/C9H15N5/c1-3-8(4-5-10)11-6-9-13-12-7-14(9)2/h7-8,11H,3-4,6H2,1-2H3. The monoisotopic (exact) mass is 193 g/mol. The molecule has 0 amide bonds. The molecular weight excluding hydrogens is 178 g/mol. The zero-order valence-corrected chi connectivity index (χ0v) is 8.56. The zero-order valence-electron chi connectivity index (χ0n) is 8.56. The summed E-state index contributed by atoms with van der Waals surface area (Å²) < 4.78 is 1.87. The SMILES string of the molecule is CCC(CC#N)NCc1nncn1C. The van der Waals surface area contributed by atoms with Crippen LogP contribution in [0.1, 0.15) is 25.6 Å². The summed E-state index contributed by atoms with van der Waals surface area (Å²) in [6, 6.07) is 2.41. The van der Waals surface area contributed by atoms with Crippen LogP contribution < -0.4 is 5.32 Å². The van der Waals surface area contributed by atoms with Gasteiger partial charge < -0.3 is 9.88 Å². The van der Waals surface area contributed by atoms with Gasteiger partial charge in [-0.1, -0.05) is 6.92 Å². The van der Waals surface area contributed by atoms with Gasteiger partial charge in [-0.2, -0.15) is 5.26 Å². The number of hydrogen-bond acceptors (Lipinski definition) is 4. The lowest BCUT2D eigenvalue weighted by Crippen LogP contribution is -2.28. The maximum atomic E-state index is 8.56. The van der Waals surface area contributed by atoms with Gasteiger partial charge in [0, 0.05) is 13.1 Å². The molecule has 1 rings (SSSR count). The van der Waals surface area contributed by atoms with Gasteiger partial charge in [-0.3, -0.25) is 0 Å². The van der Waals surface area contributed by atoms with E-state index < -0.39 is 0 Å². The minimum absolute atomic E-state index is 0.247. The van der Waals surface area contributed by atoms with Crippen LogP contribution in [0.5, 0.6) is 0 Å². The lowest BCUT2D eigenvalue weighted by Gasteiger charge is -2.12. The third-order valence-corrected chi connectivity index (χ3v) is 2.18. The Hall–Kier alpha value is -1.41. The van der Waals surface area contributed by atoms with Crippen molar-refractivity contribution in [3.63, 3.8) is 0 Å². The van der Waals surface area contributed by atoms with Crippen LogP contribution in [0.4, 0.5) is 0 Å². The molecule has 14 heavy (non-hydrogen) atoms. The molecule has 0 saturated heterocycles. The summed E-state index contributed by atoms with van der Waals surface area (Å²) in [6.45, 7) is 2.72. The van der Waals surface area contributed by atoms with E-state index >= 15 is 0 Å². The molecular formula is C9H15N5. The van der Waals surface area contributed by atoms with Gasteiger partial charge in [-0.15, -0.1) is 10.2 Å². The van der Waals surface area contributed by atoms with E-state index in [2.05, 4.69) is 28.5 Å². The second-order valence-corrected chi connectivity index (χ2v) is 3.21. The number of hydrogen-bond donors (Lipinski definition) is 1. The molecule has 1 aromatic rings. The van der Waals surface area contributed by atoms with Crippen LogP contribution >= 0.6 is 0 Å². The van der Waals surface area contributed by atoms with E-state index in [1.54, 1.807) is 6.33 Å². The number of aryl methyl sites for hydroxylation is 1. The Morgan fingerprint density at radius 1 is 1.71 bits per heavy atom. The largest absolute Gasteiger partial charge is 0.320 e. The van der Waals surface area contributed by atoms with Crippen LogP contribution in [-0.4, -0.2) is 20.8 Å². The van der Waals surface area contributed by atoms with Crippen LogP contribution in [0.25, 0.3) is 0 Å². The first-order valence-electron chi connectivity index (χ1n) is 4.71. The van der Waals surface area contributed by atoms with Gasteiger partial charge in [0.25, 0.3) is 0 Å². The van der Waals surface area contributed by atoms with Crippen molar-refractivity contribution in [2.45, 2.75) is 32.4 Å². The molecule has 0 aromatic carbocycles. The van der Waals surface area contributed by atoms with Crippen LogP contribution in [0.15, 0.2) is 6.33 Å². The highest BCUT2D eigenvalue weighted by molar-refractivity contribution is 4.86. The van der Waals surface area contributed by atoms with Crippen molar-refractivity contribution in [2.75, 3.05) is 0 Å². The third kappa shape index (κ3) is 2.82. The van der Waals surface area contributed by atoms with Crippen LogP contribution in [0.3, 0.4) is 0 Å². The quantitative estimate of drug-likeness (QED) is 0.743. The summed E-state index contributed by atoms with van der Waals surface area (Å²) in [6.07, 6.45) is 3.15. The Balaban J connectivity index is 2.40. The second kappa shape index (κ2) is 5.35. The first-order valence-corrected chi connectivity index (χ1v) is 4.71. The highest BCUT2D eigenvalue weighted by atomic mass is 15.3. The first kappa shape index (κ1) is 10.7. The van der Waals surface area contributed by atoms with Crippen molar-refractivity contribution in [3.05, 3.63) is 12.2 Å². The van der Waals surface area contributed by atoms with E-state index in [4.69, 9.17) is 5.26 Å². The highest BCUT2D eigenvalue weighted by Gasteiger charge is 2.06. The molecule has 0 fully saturated rings. The Morgan fingerprint density at radius 2 is 2.50 bits per heavy atom. The Labute approximate surface area is 83.8 Å². The average Bonchev–Trinajstić information content (AvgIpc) is 2.59. The van der Waals surface area contributed by atoms with E-state index in [1.165, 1.54) is 0 Å². The molecule has 1 atom stereocenters. The lowest BCUT2D eigenvalue weighted by atomic mass is 10.2. The molecule has 1 unspecified atom stereocenters. The second-order valence-electron chi connectivity index (χ2n) is 3.21. The Morgan fingerprint density at radius 3 is 3.00 bits per heavy atom. The number of nitrogens with one attached hydrogen (secondary N) is 1. The van der Waals surface area contributed by atoms with E-state index in [-0.39, 0.29) is 6.04 Å². The molecule has 1 N–H and O–H groups in total. The van der Waals surface area contributed by atoms with E-state index in [0.717, 1.165) is 12.2 Å². The molecule has 0 saturated carbocycles. The molecule has 0 aliphatic carbocycles. The molecule has 76 valence electrons. The molecule has 1 aromatic heterocycles. The van der Waals surface area contributed by atoms with E-state index in [0.29, 0.717) is 13.0 Å². The number of nitriles is 1. The summed E-state index contributed by atoms with van der Waals surface area (Å²) in [5.41, 5.74) is 0. The Bertz CT molecular complexity index is 311. The van der Waals surface area contributed by atoms with Gasteiger partial charge in [0.2, 0.25) is 0 Å². The molecule has 0 aliphatic rings. The van der Waals surface area contributed by atoms with Crippen molar-refractivity contribution in [3.8, 4) is 6.07 Å². The molecule has 0 bridgehead atoms. The predicted octanol–water partition coefficient (Wildman–Crippen LogP) is 0.597. The summed E-state index contributed by atoms with van der Waals surface area (Å²) in [4.78, 5) is 0. The lowest BCUT2D eigenvalue weighted by molar-refractivity contribution is 0.490. The fourth-order valence-corrected chi connectivity index (χ4v) is 1.17. The smallest absolute Gasteiger partial charge is 0.146 e. The van der Waals surface area contributed by atoms with Gasteiger partial charge in [0.15, 0.2) is 0 Å².